The van der Waals surface area contributed by atoms with E-state index in [1.165, 1.54) is 0 Å². The van der Waals surface area contributed by atoms with Gasteiger partial charge in [0.05, 0.1) is 37.0 Å². The van der Waals surface area contributed by atoms with Crippen molar-refractivity contribution in [3.63, 3.8) is 0 Å². The first-order valence-electron chi connectivity index (χ1n) is 5.51. The maximum atomic E-state index is 9.04. The maximum Gasteiger partial charge on any atom is 0.0879 e. The molecule has 0 saturated heterocycles. The van der Waals surface area contributed by atoms with E-state index in [-0.39, 0.29) is 19.1 Å². The van der Waals surface area contributed by atoms with Gasteiger partial charge in [-0.15, -0.1) is 0 Å². The first kappa shape index (κ1) is 10.9. The van der Waals surface area contributed by atoms with Gasteiger partial charge in [0, 0.05) is 5.92 Å². The molecule has 0 aromatic rings. The van der Waals surface area contributed by atoms with Gasteiger partial charge < -0.3 is 5.21 Å². The van der Waals surface area contributed by atoms with Crippen molar-refractivity contribution in [1.29, 1.82) is 10.5 Å². The van der Waals surface area contributed by atoms with Gasteiger partial charge in [-0.1, -0.05) is 5.16 Å². The third-order valence-corrected chi connectivity index (χ3v) is 3.70. The van der Waals surface area contributed by atoms with Crippen LogP contribution in [0.4, 0.5) is 0 Å². The smallest absolute Gasteiger partial charge is 0.0879 e. The van der Waals surface area contributed by atoms with E-state index in [0.29, 0.717) is 11.8 Å². The van der Waals surface area contributed by atoms with E-state index in [2.05, 4.69) is 17.3 Å². The highest BCUT2D eigenvalue weighted by molar-refractivity contribution is 5.94. The quantitative estimate of drug-likeness (QED) is 0.434. The fraction of sp³-hybridized carbons (Fsp3) is 0.727. The molecule has 0 aromatic heterocycles. The molecule has 3 unspecified atom stereocenters. The van der Waals surface area contributed by atoms with Crippen LogP contribution in [0.1, 0.15) is 19.3 Å². The molecule has 0 spiro atoms. The average Bonchev–Trinajstić information content (AvgIpc) is 2.88. The standard InChI is InChI=1S/C11H14N4O/c12-3-5-15(6-4-13)11-9-2-1-8(7-9)10(11)14-16/h8-9,11,16H,1-2,5-7H2. The molecule has 5 nitrogen and oxygen atoms in total. The summed E-state index contributed by atoms with van der Waals surface area (Å²) in [7, 11) is 0. The van der Waals surface area contributed by atoms with E-state index in [0.717, 1.165) is 25.0 Å². The largest absolute Gasteiger partial charge is 0.411 e. The number of nitrogens with zero attached hydrogens (tertiary/aromatic N) is 4. The minimum Gasteiger partial charge on any atom is -0.411 e. The highest BCUT2D eigenvalue weighted by Crippen LogP contribution is 2.44. The second kappa shape index (κ2) is 4.51. The zero-order chi connectivity index (χ0) is 11.5. The molecule has 5 heteroatoms. The molecule has 1 N–H and O–H groups in total. The van der Waals surface area contributed by atoms with Crippen molar-refractivity contribution in [2.75, 3.05) is 13.1 Å². The van der Waals surface area contributed by atoms with Crippen molar-refractivity contribution in [1.82, 2.24) is 4.90 Å². The molecule has 84 valence electrons. The van der Waals surface area contributed by atoms with Crippen LogP contribution in [0.15, 0.2) is 5.16 Å². The lowest BCUT2D eigenvalue weighted by Gasteiger charge is -2.31. The van der Waals surface area contributed by atoms with Gasteiger partial charge in [0.15, 0.2) is 0 Å². The molecule has 16 heavy (non-hydrogen) atoms. The monoisotopic (exact) mass is 218 g/mol. The summed E-state index contributed by atoms with van der Waals surface area (Å²) in [6, 6.07) is 4.15. The van der Waals surface area contributed by atoms with Crippen LogP contribution in [0.25, 0.3) is 0 Å². The molecule has 0 amide bonds. The summed E-state index contributed by atoms with van der Waals surface area (Å²) < 4.78 is 0. The van der Waals surface area contributed by atoms with E-state index in [4.69, 9.17) is 15.7 Å². The Balaban J connectivity index is 2.18. The summed E-state index contributed by atoms with van der Waals surface area (Å²) in [5.74, 6) is 0.817. The minimum atomic E-state index is 0.00282. The van der Waals surface area contributed by atoms with Crippen molar-refractivity contribution in [3.8, 4) is 12.1 Å². The van der Waals surface area contributed by atoms with Gasteiger partial charge in [0.1, 0.15) is 0 Å². The fourth-order valence-electron chi connectivity index (χ4n) is 3.12. The zero-order valence-electron chi connectivity index (χ0n) is 9.00. The molecule has 2 aliphatic rings. The summed E-state index contributed by atoms with van der Waals surface area (Å²) >= 11 is 0. The Kier molecular flexibility index (Phi) is 3.07. The number of nitriles is 2. The van der Waals surface area contributed by atoms with Crippen LogP contribution in [-0.4, -0.2) is 35.0 Å². The fourth-order valence-corrected chi connectivity index (χ4v) is 3.12. The zero-order valence-corrected chi connectivity index (χ0v) is 9.00. The van der Waals surface area contributed by atoms with Crippen LogP contribution in [0.2, 0.25) is 0 Å². The number of hydrogen-bond acceptors (Lipinski definition) is 5. The van der Waals surface area contributed by atoms with Gasteiger partial charge in [-0.3, -0.25) is 4.90 Å². The predicted octanol–water partition coefficient (Wildman–Crippen LogP) is 0.964. The van der Waals surface area contributed by atoms with Crippen molar-refractivity contribution in [2.24, 2.45) is 17.0 Å². The van der Waals surface area contributed by atoms with Gasteiger partial charge in [0.2, 0.25) is 0 Å². The van der Waals surface area contributed by atoms with Crippen LogP contribution in [0.3, 0.4) is 0 Å². The van der Waals surface area contributed by atoms with Gasteiger partial charge in [-0.25, -0.2) is 0 Å². The van der Waals surface area contributed by atoms with Gasteiger partial charge in [-0.2, -0.15) is 10.5 Å². The Bertz CT molecular complexity index is 362. The molecule has 0 heterocycles. The van der Waals surface area contributed by atoms with Gasteiger partial charge >= 0.3 is 0 Å². The molecule has 2 saturated carbocycles. The summed E-state index contributed by atoms with van der Waals surface area (Å²) in [5, 5.41) is 29.9. The lowest BCUT2D eigenvalue weighted by Crippen LogP contribution is -2.45. The second-order valence-corrected chi connectivity index (χ2v) is 4.46. The first-order valence-corrected chi connectivity index (χ1v) is 5.51. The van der Waals surface area contributed by atoms with Crippen LogP contribution < -0.4 is 0 Å². The van der Waals surface area contributed by atoms with E-state index in [1.54, 1.807) is 0 Å². The Hall–Kier alpha value is -1.59. The lowest BCUT2D eigenvalue weighted by atomic mass is 9.92. The van der Waals surface area contributed by atoms with Gasteiger partial charge in [0.25, 0.3) is 0 Å². The number of fused-ring (bicyclic) bond motifs is 2. The molecule has 0 radical (unpaired) electrons. The summed E-state index contributed by atoms with van der Waals surface area (Å²) in [6.07, 6.45) is 3.23. The lowest BCUT2D eigenvalue weighted by molar-refractivity contribution is 0.232. The number of oxime groups is 1. The summed E-state index contributed by atoms with van der Waals surface area (Å²) in [4.78, 5) is 1.82. The Morgan fingerprint density at radius 1 is 1.31 bits per heavy atom. The Labute approximate surface area is 94.6 Å². The first-order chi connectivity index (χ1) is 7.81. The predicted molar refractivity (Wildman–Crippen MR) is 56.6 cm³/mol. The molecular weight excluding hydrogens is 204 g/mol. The van der Waals surface area contributed by atoms with Crippen molar-refractivity contribution < 1.29 is 5.21 Å². The SMILES string of the molecule is N#CCN(CC#N)C1C(=NO)C2CCC1C2. The Morgan fingerprint density at radius 3 is 2.56 bits per heavy atom. The summed E-state index contributed by atoms with van der Waals surface area (Å²) in [6.45, 7) is 0.445. The van der Waals surface area contributed by atoms with Crippen molar-refractivity contribution in [2.45, 2.75) is 25.3 Å². The molecule has 3 atom stereocenters. The molecule has 2 rings (SSSR count). The van der Waals surface area contributed by atoms with Crippen LogP contribution in [0, 0.1) is 34.5 Å². The van der Waals surface area contributed by atoms with E-state index in [9.17, 15) is 0 Å². The van der Waals surface area contributed by atoms with Crippen molar-refractivity contribution in [3.05, 3.63) is 0 Å². The highest BCUT2D eigenvalue weighted by Gasteiger charge is 2.47. The molecule has 0 aliphatic heterocycles. The van der Waals surface area contributed by atoms with E-state index < -0.39 is 0 Å². The van der Waals surface area contributed by atoms with Crippen LogP contribution in [0.5, 0.6) is 0 Å². The van der Waals surface area contributed by atoms with Gasteiger partial charge in [-0.05, 0) is 25.2 Å². The van der Waals surface area contributed by atoms with Crippen LogP contribution in [-0.2, 0) is 0 Å². The highest BCUT2D eigenvalue weighted by atomic mass is 16.4. The van der Waals surface area contributed by atoms with Crippen molar-refractivity contribution >= 4 is 5.71 Å². The van der Waals surface area contributed by atoms with E-state index >= 15 is 0 Å². The molecular formula is C11H14N4O. The maximum absolute atomic E-state index is 9.04. The molecule has 2 aliphatic carbocycles. The third-order valence-electron chi connectivity index (χ3n) is 3.70. The average molecular weight is 218 g/mol. The topological polar surface area (TPSA) is 83.4 Å². The molecule has 0 aromatic carbocycles. The van der Waals surface area contributed by atoms with Crippen LogP contribution >= 0.6 is 0 Å². The number of rotatable bonds is 3. The minimum absolute atomic E-state index is 0.00282. The Morgan fingerprint density at radius 2 is 2.00 bits per heavy atom. The third kappa shape index (κ3) is 1.64. The number of hydrogen-bond donors (Lipinski definition) is 1. The molecule has 2 bridgehead atoms. The summed E-state index contributed by atoms with van der Waals surface area (Å²) in [5.41, 5.74) is 0.779. The molecule has 2 fully saturated rings. The van der Waals surface area contributed by atoms with E-state index in [1.807, 2.05) is 4.90 Å². The second-order valence-electron chi connectivity index (χ2n) is 4.46. The normalized spacial score (nSPS) is 34.2.